The Labute approximate surface area is 126 Å². The lowest BCUT2D eigenvalue weighted by Gasteiger charge is -2.27. The SMILES string of the molecule is Cc1ncc(CNCC(C)(O)C(=O)OC(C)(C)C)c(C)n1. The van der Waals surface area contributed by atoms with E-state index in [1.807, 2.05) is 13.8 Å². The molecule has 0 saturated heterocycles. The van der Waals surface area contributed by atoms with Gasteiger partial charge in [-0.2, -0.15) is 0 Å². The highest BCUT2D eigenvalue weighted by Crippen LogP contribution is 2.14. The second kappa shape index (κ2) is 6.49. The van der Waals surface area contributed by atoms with Gasteiger partial charge in [-0.15, -0.1) is 0 Å². The van der Waals surface area contributed by atoms with E-state index in [1.54, 1.807) is 27.0 Å². The van der Waals surface area contributed by atoms with E-state index in [0.717, 1.165) is 17.1 Å². The van der Waals surface area contributed by atoms with Crippen molar-refractivity contribution in [3.05, 3.63) is 23.3 Å². The quantitative estimate of drug-likeness (QED) is 0.796. The minimum Gasteiger partial charge on any atom is -0.458 e. The number of carbonyl (C=O) groups excluding carboxylic acids is 1. The summed E-state index contributed by atoms with van der Waals surface area (Å²) in [6, 6.07) is 0. The maximum atomic E-state index is 11.9. The lowest BCUT2D eigenvalue weighted by Crippen LogP contribution is -2.48. The van der Waals surface area contributed by atoms with Gasteiger partial charge in [-0.1, -0.05) is 0 Å². The third kappa shape index (κ3) is 5.77. The topological polar surface area (TPSA) is 84.3 Å². The van der Waals surface area contributed by atoms with Crippen molar-refractivity contribution in [1.82, 2.24) is 15.3 Å². The molecule has 6 nitrogen and oxygen atoms in total. The summed E-state index contributed by atoms with van der Waals surface area (Å²) in [5.74, 6) is 0.0800. The molecule has 0 aliphatic rings. The van der Waals surface area contributed by atoms with Gasteiger partial charge in [0.2, 0.25) is 0 Å². The Balaban J connectivity index is 2.55. The number of hydrogen-bond donors (Lipinski definition) is 2. The Hall–Kier alpha value is -1.53. The molecular weight excluding hydrogens is 270 g/mol. The number of aliphatic hydroxyl groups is 1. The molecule has 0 spiro atoms. The Morgan fingerprint density at radius 2 is 1.95 bits per heavy atom. The Bertz CT molecular complexity index is 507. The van der Waals surface area contributed by atoms with E-state index in [1.165, 1.54) is 6.92 Å². The summed E-state index contributed by atoms with van der Waals surface area (Å²) in [6.45, 7) is 11.0. The van der Waals surface area contributed by atoms with Crippen molar-refractivity contribution in [1.29, 1.82) is 0 Å². The number of nitrogens with zero attached hydrogens (tertiary/aromatic N) is 2. The molecule has 0 fully saturated rings. The minimum atomic E-state index is -1.58. The van der Waals surface area contributed by atoms with Gasteiger partial charge in [0, 0.05) is 30.5 Å². The van der Waals surface area contributed by atoms with E-state index >= 15 is 0 Å². The first kappa shape index (κ1) is 17.5. The van der Waals surface area contributed by atoms with Crippen molar-refractivity contribution < 1.29 is 14.6 Å². The molecule has 2 N–H and O–H groups in total. The van der Waals surface area contributed by atoms with Crippen LogP contribution in [0.3, 0.4) is 0 Å². The molecule has 1 atom stereocenters. The van der Waals surface area contributed by atoms with E-state index in [0.29, 0.717) is 6.54 Å². The number of carbonyl (C=O) groups is 1. The Morgan fingerprint density at radius 3 is 2.48 bits per heavy atom. The van der Waals surface area contributed by atoms with Gasteiger partial charge < -0.3 is 15.2 Å². The zero-order valence-electron chi connectivity index (χ0n) is 13.6. The lowest BCUT2D eigenvalue weighted by atomic mass is 10.1. The molecule has 1 unspecified atom stereocenters. The second-order valence-corrected chi connectivity index (χ2v) is 6.41. The molecule has 0 saturated carbocycles. The predicted molar refractivity (Wildman–Crippen MR) is 79.7 cm³/mol. The van der Waals surface area contributed by atoms with Crippen LogP contribution in [0.4, 0.5) is 0 Å². The number of ether oxygens (including phenoxy) is 1. The highest BCUT2D eigenvalue weighted by Gasteiger charge is 2.34. The first-order chi connectivity index (χ1) is 9.51. The molecule has 118 valence electrons. The molecule has 1 aromatic heterocycles. The first-order valence-electron chi connectivity index (χ1n) is 6.97. The fraction of sp³-hybridized carbons (Fsp3) is 0.667. The molecular formula is C15H25N3O3. The summed E-state index contributed by atoms with van der Waals surface area (Å²) in [6.07, 6.45) is 1.74. The zero-order valence-corrected chi connectivity index (χ0v) is 13.6. The van der Waals surface area contributed by atoms with Crippen molar-refractivity contribution in [2.75, 3.05) is 6.54 Å². The summed E-state index contributed by atoms with van der Waals surface area (Å²) in [4.78, 5) is 20.3. The normalized spacial score (nSPS) is 14.6. The molecule has 0 bridgehead atoms. The maximum Gasteiger partial charge on any atom is 0.339 e. The molecule has 0 radical (unpaired) electrons. The fourth-order valence-electron chi connectivity index (χ4n) is 1.68. The number of aromatic nitrogens is 2. The van der Waals surface area contributed by atoms with E-state index in [4.69, 9.17) is 4.74 Å². The Kier molecular flexibility index (Phi) is 5.42. The van der Waals surface area contributed by atoms with E-state index in [-0.39, 0.29) is 6.54 Å². The number of esters is 1. The largest absolute Gasteiger partial charge is 0.458 e. The fourth-order valence-corrected chi connectivity index (χ4v) is 1.68. The highest BCUT2D eigenvalue weighted by atomic mass is 16.6. The highest BCUT2D eigenvalue weighted by molar-refractivity contribution is 5.79. The summed E-state index contributed by atoms with van der Waals surface area (Å²) < 4.78 is 5.19. The van der Waals surface area contributed by atoms with Gasteiger partial charge >= 0.3 is 5.97 Å². The van der Waals surface area contributed by atoms with Crippen molar-refractivity contribution in [2.24, 2.45) is 0 Å². The van der Waals surface area contributed by atoms with Crippen LogP contribution < -0.4 is 5.32 Å². The van der Waals surface area contributed by atoms with Crippen molar-refractivity contribution in [3.63, 3.8) is 0 Å². The molecule has 0 aliphatic heterocycles. The molecule has 1 aromatic rings. The van der Waals surface area contributed by atoms with Crippen LogP contribution in [0, 0.1) is 13.8 Å². The second-order valence-electron chi connectivity index (χ2n) is 6.41. The van der Waals surface area contributed by atoms with Crippen LogP contribution in [-0.4, -0.2) is 38.8 Å². The summed E-state index contributed by atoms with van der Waals surface area (Å²) in [7, 11) is 0. The van der Waals surface area contributed by atoms with E-state index in [9.17, 15) is 9.90 Å². The molecule has 1 heterocycles. The van der Waals surface area contributed by atoms with Gasteiger partial charge in [0.05, 0.1) is 0 Å². The van der Waals surface area contributed by atoms with Crippen molar-refractivity contribution in [2.45, 2.75) is 59.3 Å². The van der Waals surface area contributed by atoms with Crippen LogP contribution in [0.5, 0.6) is 0 Å². The van der Waals surface area contributed by atoms with Crippen molar-refractivity contribution in [3.8, 4) is 0 Å². The molecule has 21 heavy (non-hydrogen) atoms. The molecule has 0 aliphatic carbocycles. The Morgan fingerprint density at radius 1 is 1.33 bits per heavy atom. The standard InChI is InChI=1S/C15H25N3O3/c1-10-12(8-17-11(2)18-10)7-16-9-15(6,20)13(19)21-14(3,4)5/h8,16,20H,7,9H2,1-6H3. The van der Waals surface area contributed by atoms with E-state index in [2.05, 4.69) is 15.3 Å². The number of hydrogen-bond acceptors (Lipinski definition) is 6. The summed E-state index contributed by atoms with van der Waals surface area (Å²) >= 11 is 0. The monoisotopic (exact) mass is 295 g/mol. The van der Waals surface area contributed by atoms with Gasteiger partial charge in [-0.25, -0.2) is 14.8 Å². The number of aryl methyl sites for hydroxylation is 2. The lowest BCUT2D eigenvalue weighted by molar-refractivity contribution is -0.174. The smallest absolute Gasteiger partial charge is 0.339 e. The summed E-state index contributed by atoms with van der Waals surface area (Å²) in [5.41, 5.74) is -0.387. The number of nitrogens with one attached hydrogen (secondary N) is 1. The van der Waals surface area contributed by atoms with Crippen LogP contribution in [0.25, 0.3) is 0 Å². The molecule has 1 rings (SSSR count). The molecule has 0 aromatic carbocycles. The first-order valence-corrected chi connectivity index (χ1v) is 6.97. The van der Waals surface area contributed by atoms with E-state index < -0.39 is 17.2 Å². The van der Waals surface area contributed by atoms with Crippen molar-refractivity contribution >= 4 is 5.97 Å². The average Bonchev–Trinajstić information content (AvgIpc) is 2.29. The average molecular weight is 295 g/mol. The third-order valence-corrected chi connectivity index (χ3v) is 2.82. The third-order valence-electron chi connectivity index (χ3n) is 2.82. The predicted octanol–water partition coefficient (Wildman–Crippen LogP) is 1.28. The molecule has 6 heteroatoms. The van der Waals surface area contributed by atoms with Crippen LogP contribution in [0.15, 0.2) is 6.20 Å². The van der Waals surface area contributed by atoms with Gasteiger partial charge in [-0.3, -0.25) is 0 Å². The summed E-state index contributed by atoms with van der Waals surface area (Å²) in [5, 5.41) is 13.2. The zero-order chi connectivity index (χ0) is 16.3. The van der Waals surface area contributed by atoms with Crippen LogP contribution in [0.2, 0.25) is 0 Å². The van der Waals surface area contributed by atoms with Gasteiger partial charge in [0.25, 0.3) is 0 Å². The molecule has 0 amide bonds. The minimum absolute atomic E-state index is 0.0925. The van der Waals surface area contributed by atoms with Crippen LogP contribution >= 0.6 is 0 Å². The van der Waals surface area contributed by atoms with Crippen LogP contribution in [0.1, 0.15) is 44.8 Å². The van der Waals surface area contributed by atoms with Gasteiger partial charge in [0.1, 0.15) is 11.4 Å². The van der Waals surface area contributed by atoms with Gasteiger partial charge in [-0.05, 0) is 41.5 Å². The maximum absolute atomic E-state index is 11.9. The van der Waals surface area contributed by atoms with Crippen LogP contribution in [-0.2, 0) is 16.1 Å². The number of rotatable bonds is 5. The van der Waals surface area contributed by atoms with Gasteiger partial charge in [0.15, 0.2) is 5.60 Å².